The van der Waals surface area contributed by atoms with Gasteiger partial charge in [0.1, 0.15) is 17.8 Å². The number of hydrogen-bond acceptors (Lipinski definition) is 4. The van der Waals surface area contributed by atoms with Crippen LogP contribution in [0.2, 0.25) is 0 Å². The Morgan fingerprint density at radius 2 is 2.12 bits per heavy atom. The van der Waals surface area contributed by atoms with E-state index in [1.165, 1.54) is 12.1 Å². The summed E-state index contributed by atoms with van der Waals surface area (Å²) in [6.07, 6.45) is 13.8. The monoisotopic (exact) mass is 460 g/mol. The van der Waals surface area contributed by atoms with Crippen molar-refractivity contribution < 1.29 is 19.4 Å². The van der Waals surface area contributed by atoms with Crippen molar-refractivity contribution in [2.45, 2.75) is 45.0 Å². The minimum atomic E-state index is -0.988. The van der Waals surface area contributed by atoms with Gasteiger partial charge >= 0.3 is 0 Å². The molecule has 1 saturated heterocycles. The molecule has 176 valence electrons. The Morgan fingerprint density at radius 3 is 2.91 bits per heavy atom. The van der Waals surface area contributed by atoms with Crippen LogP contribution in [0.5, 0.6) is 0 Å². The molecule has 0 aromatic heterocycles. The van der Waals surface area contributed by atoms with Gasteiger partial charge in [-0.25, -0.2) is 4.39 Å². The van der Waals surface area contributed by atoms with E-state index >= 15 is 0 Å². The minimum Gasteiger partial charge on any atom is -0.508 e. The molecule has 3 N–H and O–H groups in total. The van der Waals surface area contributed by atoms with Crippen molar-refractivity contribution in [3.8, 4) is 0 Å². The van der Waals surface area contributed by atoms with Crippen LogP contribution >= 0.6 is 0 Å². The zero-order valence-electron chi connectivity index (χ0n) is 19.2. The highest BCUT2D eigenvalue weighted by molar-refractivity contribution is 5.81. The molecule has 1 aromatic carbocycles. The molecule has 3 atom stereocenters. The summed E-state index contributed by atoms with van der Waals surface area (Å²) in [6, 6.07) is 5.91. The molecule has 1 fully saturated rings. The third-order valence-corrected chi connectivity index (χ3v) is 7.26. The van der Waals surface area contributed by atoms with Gasteiger partial charge in [-0.1, -0.05) is 43.4 Å². The Morgan fingerprint density at radius 1 is 1.26 bits per heavy atom. The zero-order chi connectivity index (χ0) is 23.9. The molecule has 1 heterocycles. The van der Waals surface area contributed by atoms with Crippen molar-refractivity contribution >= 4 is 5.91 Å². The topological polar surface area (TPSA) is 72.8 Å². The van der Waals surface area contributed by atoms with E-state index in [4.69, 9.17) is 0 Å². The van der Waals surface area contributed by atoms with Gasteiger partial charge in [0.15, 0.2) is 0 Å². The number of aliphatic hydroxyl groups excluding tert-OH is 2. The minimum absolute atomic E-state index is 0.0662. The molecule has 3 aliphatic carbocycles. The quantitative estimate of drug-likeness (QED) is 0.552. The third-order valence-electron chi connectivity index (χ3n) is 7.26. The van der Waals surface area contributed by atoms with Crippen LogP contribution in [0, 0.1) is 11.2 Å². The summed E-state index contributed by atoms with van der Waals surface area (Å²) in [5.74, 6) is -0.111. The zero-order valence-corrected chi connectivity index (χ0v) is 19.2. The van der Waals surface area contributed by atoms with E-state index in [0.717, 1.165) is 34.3 Å². The number of amides is 1. The smallest absolute Gasteiger partial charge is 0.223 e. The number of piperidine rings is 1. The number of nitrogens with one attached hydrogen (secondary N) is 1. The number of carbonyl (C=O) groups excluding carboxylic acids is 1. The van der Waals surface area contributed by atoms with E-state index in [9.17, 15) is 19.4 Å². The number of fused-ring (bicyclic) bond motifs is 4. The van der Waals surface area contributed by atoms with E-state index in [-0.39, 0.29) is 17.5 Å². The van der Waals surface area contributed by atoms with E-state index in [1.807, 2.05) is 42.2 Å². The molecule has 6 heteroatoms. The maximum Gasteiger partial charge on any atom is 0.223 e. The molecule has 0 radical (unpaired) electrons. The standard InChI is InChI=1S/C28H29FN2O3/c1-2-13-31-25(33)11-12-28(27(34)30-17-18-5-3-8-21(29)14-18)20-7-4-6-19-15-22(32)9-10-23(26(28)31)24(19)16-20/h3-10,14-16,26-27,30,32,34H,2,11-13,17H2,1H3. The van der Waals surface area contributed by atoms with Gasteiger partial charge in [-0.05, 0) is 71.1 Å². The molecule has 1 aliphatic heterocycles. The molecule has 5 rings (SSSR count). The second-order valence-electron chi connectivity index (χ2n) is 9.30. The number of carbonyl (C=O) groups is 1. The Bertz CT molecular complexity index is 1210. The van der Waals surface area contributed by atoms with Gasteiger partial charge in [0.05, 0.1) is 11.5 Å². The Labute approximate surface area is 199 Å². The van der Waals surface area contributed by atoms with Crippen molar-refractivity contribution in [2.75, 3.05) is 6.54 Å². The van der Waals surface area contributed by atoms with Crippen molar-refractivity contribution in [2.24, 2.45) is 5.41 Å². The lowest BCUT2D eigenvalue weighted by Gasteiger charge is -2.55. The summed E-state index contributed by atoms with van der Waals surface area (Å²) in [7, 11) is 0. The predicted molar refractivity (Wildman–Crippen MR) is 129 cm³/mol. The van der Waals surface area contributed by atoms with E-state index in [1.54, 1.807) is 18.2 Å². The summed E-state index contributed by atoms with van der Waals surface area (Å²) in [6.45, 7) is 2.90. The summed E-state index contributed by atoms with van der Waals surface area (Å²) in [5, 5.41) is 25.3. The van der Waals surface area contributed by atoms with Crippen LogP contribution in [0.25, 0.3) is 0 Å². The Hall–Kier alpha value is -3.22. The van der Waals surface area contributed by atoms with Gasteiger partial charge in [-0.15, -0.1) is 0 Å². The number of halogens is 1. The largest absolute Gasteiger partial charge is 0.508 e. The number of allylic oxidation sites excluding steroid dienone is 8. The van der Waals surface area contributed by atoms with Gasteiger partial charge < -0.3 is 15.1 Å². The fourth-order valence-electron chi connectivity index (χ4n) is 5.75. The van der Waals surface area contributed by atoms with E-state index in [2.05, 4.69) is 11.4 Å². The van der Waals surface area contributed by atoms with Crippen molar-refractivity contribution in [1.82, 2.24) is 10.2 Å². The van der Waals surface area contributed by atoms with Crippen LogP contribution in [0.3, 0.4) is 0 Å². The molecule has 1 aromatic rings. The molecular formula is C28H29FN2O3. The number of likely N-dealkylation sites (tertiary alicyclic amines) is 1. The van der Waals surface area contributed by atoms with Crippen molar-refractivity contribution in [1.29, 1.82) is 0 Å². The first-order chi connectivity index (χ1) is 16.4. The fourth-order valence-corrected chi connectivity index (χ4v) is 5.75. The first-order valence-corrected chi connectivity index (χ1v) is 11.8. The predicted octanol–water partition coefficient (Wildman–Crippen LogP) is 4.37. The van der Waals surface area contributed by atoms with Crippen molar-refractivity contribution in [3.05, 3.63) is 106 Å². The number of nitrogens with zero attached hydrogens (tertiary/aromatic N) is 1. The lowest BCUT2D eigenvalue weighted by Crippen LogP contribution is -2.64. The average molecular weight is 461 g/mol. The third kappa shape index (κ3) is 3.67. The second-order valence-corrected chi connectivity index (χ2v) is 9.30. The van der Waals surface area contributed by atoms with Gasteiger partial charge in [-0.3, -0.25) is 10.1 Å². The van der Waals surface area contributed by atoms with Crippen LogP contribution in [0.4, 0.5) is 4.39 Å². The molecule has 3 unspecified atom stereocenters. The molecule has 4 aliphatic rings. The first kappa shape index (κ1) is 22.6. The Balaban J connectivity index is 1.63. The molecule has 34 heavy (non-hydrogen) atoms. The normalized spacial score (nSPS) is 26.3. The summed E-state index contributed by atoms with van der Waals surface area (Å²) in [5.41, 5.74) is 3.62. The maximum atomic E-state index is 13.7. The fraction of sp³-hybridized carbons (Fsp3) is 0.321. The first-order valence-electron chi connectivity index (χ1n) is 11.8. The highest BCUT2D eigenvalue weighted by Crippen LogP contribution is 2.55. The summed E-state index contributed by atoms with van der Waals surface area (Å²) >= 11 is 0. The second kappa shape index (κ2) is 8.85. The number of hydrogen-bond donors (Lipinski definition) is 3. The molecule has 0 saturated carbocycles. The molecule has 0 spiro atoms. The van der Waals surface area contributed by atoms with Crippen LogP contribution < -0.4 is 5.32 Å². The Kier molecular flexibility index (Phi) is 5.88. The van der Waals surface area contributed by atoms with Gasteiger partial charge in [0, 0.05) is 19.5 Å². The van der Waals surface area contributed by atoms with Crippen molar-refractivity contribution in [3.63, 3.8) is 0 Å². The van der Waals surface area contributed by atoms with Crippen LogP contribution in [0.1, 0.15) is 31.7 Å². The van der Waals surface area contributed by atoms with Gasteiger partial charge in [-0.2, -0.15) is 0 Å². The molecule has 5 nitrogen and oxygen atoms in total. The maximum absolute atomic E-state index is 13.7. The lowest BCUT2D eigenvalue weighted by molar-refractivity contribution is -0.146. The van der Waals surface area contributed by atoms with Crippen LogP contribution in [0.15, 0.2) is 94.8 Å². The average Bonchev–Trinajstić information content (AvgIpc) is 3.09. The van der Waals surface area contributed by atoms with Gasteiger partial charge in [0.2, 0.25) is 5.91 Å². The summed E-state index contributed by atoms with van der Waals surface area (Å²) in [4.78, 5) is 15.0. The molecule has 1 amide bonds. The van der Waals surface area contributed by atoms with Crippen LogP contribution in [-0.4, -0.2) is 39.8 Å². The highest BCUT2D eigenvalue weighted by Gasteiger charge is 2.57. The van der Waals surface area contributed by atoms with E-state index in [0.29, 0.717) is 25.9 Å². The lowest BCUT2D eigenvalue weighted by atomic mass is 9.59. The SMILES string of the molecule is CCCN1C(=O)CCC2(C(O)NCc3cccc(F)c3)C3=CC=CC4=CC(O)=CC=C(C4=C3)C12. The molecule has 2 bridgehead atoms. The van der Waals surface area contributed by atoms with Crippen LogP contribution in [-0.2, 0) is 11.3 Å². The summed E-state index contributed by atoms with van der Waals surface area (Å²) < 4.78 is 13.7. The molecular weight excluding hydrogens is 431 g/mol. The van der Waals surface area contributed by atoms with E-state index < -0.39 is 17.7 Å². The number of aliphatic hydroxyl groups is 2. The number of rotatable bonds is 6. The number of benzene rings is 1. The highest BCUT2D eigenvalue weighted by atomic mass is 19.1. The van der Waals surface area contributed by atoms with Gasteiger partial charge in [0.25, 0.3) is 0 Å².